The minimum atomic E-state index is -0.480. The van der Waals surface area contributed by atoms with E-state index in [4.69, 9.17) is 9.98 Å². The number of nitrogens with zero attached hydrogens (tertiary/aromatic N) is 2. The molecule has 1 aliphatic heterocycles. The SMILES string of the molecule is c1ccc(C2=NC(c3cc(-c4ccccc4)cc(-c4ccccc4)c3)N=C(c3cccc4c3-c3ccccc3C43c4ccccc4-c4ccccc43)N2)cc1. The first kappa shape index (κ1) is 31.4. The zero-order chi connectivity index (χ0) is 36.3. The van der Waals surface area contributed by atoms with Crippen LogP contribution in [0.3, 0.4) is 0 Å². The predicted molar refractivity (Wildman–Crippen MR) is 225 cm³/mol. The first-order valence-electron chi connectivity index (χ1n) is 18.9. The molecule has 0 fully saturated rings. The molecule has 258 valence electrons. The Morgan fingerprint density at radius 2 is 0.782 bits per heavy atom. The summed E-state index contributed by atoms with van der Waals surface area (Å²) in [6, 6.07) is 72.1. The van der Waals surface area contributed by atoms with Gasteiger partial charge in [-0.15, -0.1) is 0 Å². The average Bonchev–Trinajstić information content (AvgIpc) is 3.75. The summed E-state index contributed by atoms with van der Waals surface area (Å²) < 4.78 is 0. The summed E-state index contributed by atoms with van der Waals surface area (Å²) >= 11 is 0. The van der Waals surface area contributed by atoms with Gasteiger partial charge in [-0.3, -0.25) is 0 Å². The Kier molecular flexibility index (Phi) is 7.14. The molecule has 8 aromatic carbocycles. The summed E-state index contributed by atoms with van der Waals surface area (Å²) in [5, 5.41) is 3.76. The monoisotopic (exact) mass is 701 g/mol. The third-order valence-electron chi connectivity index (χ3n) is 11.5. The Balaban J connectivity index is 1.14. The maximum absolute atomic E-state index is 5.54. The van der Waals surface area contributed by atoms with Gasteiger partial charge in [-0.1, -0.05) is 182 Å². The smallest absolute Gasteiger partial charge is 0.169 e. The molecule has 3 aliphatic rings. The van der Waals surface area contributed by atoms with Gasteiger partial charge < -0.3 is 5.32 Å². The quantitative estimate of drug-likeness (QED) is 0.191. The van der Waals surface area contributed by atoms with Gasteiger partial charge in [-0.05, 0) is 90.5 Å². The van der Waals surface area contributed by atoms with Crippen LogP contribution in [0, 0.1) is 0 Å². The van der Waals surface area contributed by atoms with Crippen LogP contribution in [-0.4, -0.2) is 11.7 Å². The number of aliphatic imine (C=N–C) groups is 2. The molecule has 3 nitrogen and oxygen atoms in total. The zero-order valence-electron chi connectivity index (χ0n) is 30.0. The number of nitrogens with one attached hydrogen (secondary N) is 1. The lowest BCUT2D eigenvalue weighted by Gasteiger charge is -2.30. The minimum Gasteiger partial charge on any atom is -0.324 e. The summed E-state index contributed by atoms with van der Waals surface area (Å²) in [6.07, 6.45) is -0.480. The van der Waals surface area contributed by atoms with E-state index >= 15 is 0 Å². The van der Waals surface area contributed by atoms with E-state index in [1.165, 1.54) is 44.5 Å². The Morgan fingerprint density at radius 1 is 0.345 bits per heavy atom. The lowest BCUT2D eigenvalue weighted by molar-refractivity contribution is 0.756. The topological polar surface area (TPSA) is 36.8 Å². The van der Waals surface area contributed by atoms with Crippen molar-refractivity contribution in [2.45, 2.75) is 11.6 Å². The van der Waals surface area contributed by atoms with E-state index in [1.54, 1.807) is 0 Å². The van der Waals surface area contributed by atoms with Crippen LogP contribution >= 0.6 is 0 Å². The molecule has 3 heteroatoms. The molecule has 0 amide bonds. The lowest BCUT2D eigenvalue weighted by Crippen LogP contribution is -2.36. The molecule has 1 atom stereocenters. The molecular formula is C52H35N3. The van der Waals surface area contributed by atoms with Gasteiger partial charge >= 0.3 is 0 Å². The fraction of sp³-hybridized carbons (Fsp3) is 0.0385. The molecule has 0 aromatic heterocycles. The minimum absolute atomic E-state index is 0.436. The van der Waals surface area contributed by atoms with Gasteiger partial charge in [0, 0.05) is 11.1 Å². The van der Waals surface area contributed by atoms with Crippen LogP contribution in [0.4, 0.5) is 0 Å². The molecule has 0 saturated heterocycles. The first-order chi connectivity index (χ1) is 27.3. The maximum Gasteiger partial charge on any atom is 0.169 e. The van der Waals surface area contributed by atoms with Gasteiger partial charge in [0.2, 0.25) is 0 Å². The molecule has 1 spiro atoms. The molecule has 55 heavy (non-hydrogen) atoms. The average molecular weight is 702 g/mol. The summed E-state index contributed by atoms with van der Waals surface area (Å²) in [5.41, 5.74) is 17.6. The molecule has 8 aromatic rings. The lowest BCUT2D eigenvalue weighted by atomic mass is 9.70. The maximum atomic E-state index is 5.54. The van der Waals surface area contributed by atoms with E-state index in [9.17, 15) is 0 Å². The largest absolute Gasteiger partial charge is 0.324 e. The molecule has 0 saturated carbocycles. The van der Waals surface area contributed by atoms with Crippen LogP contribution < -0.4 is 5.32 Å². The van der Waals surface area contributed by atoms with Crippen molar-refractivity contribution in [3.05, 3.63) is 239 Å². The van der Waals surface area contributed by atoms with Gasteiger partial charge in [-0.2, -0.15) is 0 Å². The van der Waals surface area contributed by atoms with Gasteiger partial charge in [0.1, 0.15) is 11.7 Å². The van der Waals surface area contributed by atoms with Crippen molar-refractivity contribution >= 4 is 11.7 Å². The van der Waals surface area contributed by atoms with Crippen LogP contribution in [-0.2, 0) is 5.41 Å². The molecule has 1 unspecified atom stereocenters. The highest BCUT2D eigenvalue weighted by atomic mass is 15.2. The number of rotatable bonds is 5. The molecule has 1 N–H and O–H groups in total. The molecule has 2 aliphatic carbocycles. The fourth-order valence-electron chi connectivity index (χ4n) is 9.22. The van der Waals surface area contributed by atoms with Crippen molar-refractivity contribution < 1.29 is 0 Å². The molecule has 0 radical (unpaired) electrons. The number of benzene rings is 8. The normalized spacial score (nSPS) is 15.6. The second-order valence-electron chi connectivity index (χ2n) is 14.5. The van der Waals surface area contributed by atoms with Gasteiger partial charge in [0.25, 0.3) is 0 Å². The highest BCUT2D eigenvalue weighted by molar-refractivity contribution is 6.19. The second kappa shape index (κ2) is 12.5. The van der Waals surface area contributed by atoms with E-state index < -0.39 is 11.6 Å². The zero-order valence-corrected chi connectivity index (χ0v) is 30.0. The first-order valence-corrected chi connectivity index (χ1v) is 18.9. The van der Waals surface area contributed by atoms with Gasteiger partial charge in [-0.25, -0.2) is 9.98 Å². The molecule has 0 bridgehead atoms. The standard InChI is InChI=1S/C52H35N3/c1-4-17-34(18-5-1)37-31-38(35-19-6-2-7-20-35)33-39(32-37)50-53-49(36-21-8-3-9-22-36)54-51(55-50)43-26-16-30-47-48(43)42-25-12-15-29-46(42)52(47)44-27-13-10-23-40(44)41-24-11-14-28-45(41)52/h1-33,50H,(H,53,54,55). The number of hydrogen-bond acceptors (Lipinski definition) is 3. The van der Waals surface area contributed by atoms with Crippen LogP contribution in [0.2, 0.25) is 0 Å². The van der Waals surface area contributed by atoms with Crippen LogP contribution in [0.1, 0.15) is 45.1 Å². The third-order valence-corrected chi connectivity index (χ3v) is 11.5. The summed E-state index contributed by atoms with van der Waals surface area (Å²) in [4.78, 5) is 10.9. The Morgan fingerprint density at radius 3 is 1.36 bits per heavy atom. The van der Waals surface area contributed by atoms with Crippen LogP contribution in [0.25, 0.3) is 44.5 Å². The van der Waals surface area contributed by atoms with Gasteiger partial charge in [0.05, 0.1) is 5.41 Å². The highest BCUT2D eigenvalue weighted by Crippen LogP contribution is 2.63. The fourth-order valence-corrected chi connectivity index (χ4v) is 9.22. The van der Waals surface area contributed by atoms with Gasteiger partial charge in [0.15, 0.2) is 6.17 Å². The van der Waals surface area contributed by atoms with Crippen molar-refractivity contribution in [2.24, 2.45) is 9.98 Å². The van der Waals surface area contributed by atoms with Crippen molar-refractivity contribution in [2.75, 3.05) is 0 Å². The summed E-state index contributed by atoms with van der Waals surface area (Å²) in [7, 11) is 0. The van der Waals surface area contributed by atoms with Crippen LogP contribution in [0.5, 0.6) is 0 Å². The summed E-state index contributed by atoms with van der Waals surface area (Å²) in [5.74, 6) is 1.62. The van der Waals surface area contributed by atoms with Crippen molar-refractivity contribution in [3.8, 4) is 44.5 Å². The highest BCUT2D eigenvalue weighted by Gasteiger charge is 2.52. The number of amidine groups is 2. The van der Waals surface area contributed by atoms with E-state index in [0.717, 1.165) is 50.6 Å². The van der Waals surface area contributed by atoms with Crippen LogP contribution in [0.15, 0.2) is 210 Å². The van der Waals surface area contributed by atoms with Crippen molar-refractivity contribution in [3.63, 3.8) is 0 Å². The van der Waals surface area contributed by atoms with E-state index in [0.29, 0.717) is 0 Å². The molecular weight excluding hydrogens is 667 g/mol. The summed E-state index contributed by atoms with van der Waals surface area (Å²) in [6.45, 7) is 0. The van der Waals surface area contributed by atoms with E-state index in [-0.39, 0.29) is 0 Å². The van der Waals surface area contributed by atoms with E-state index in [1.807, 2.05) is 6.07 Å². The molecule has 11 rings (SSSR count). The number of fused-ring (bicyclic) bond motifs is 10. The molecule has 1 heterocycles. The van der Waals surface area contributed by atoms with E-state index in [2.05, 4.69) is 199 Å². The second-order valence-corrected chi connectivity index (χ2v) is 14.5. The van der Waals surface area contributed by atoms with Crippen molar-refractivity contribution in [1.29, 1.82) is 0 Å². The Hall–Kier alpha value is -7.10. The Bertz CT molecular complexity index is 2730. The third kappa shape index (κ3) is 4.83. The number of hydrogen-bond donors (Lipinski definition) is 1. The predicted octanol–water partition coefficient (Wildman–Crippen LogP) is 11.9. The Labute approximate surface area is 321 Å². The van der Waals surface area contributed by atoms with Crippen molar-refractivity contribution in [1.82, 2.24) is 5.32 Å².